The van der Waals surface area contributed by atoms with E-state index in [0.29, 0.717) is 28.0 Å². The molecule has 136 valence electrons. The molecule has 1 atom stereocenters. The van der Waals surface area contributed by atoms with Crippen molar-refractivity contribution < 1.29 is 14.7 Å². The van der Waals surface area contributed by atoms with Crippen molar-refractivity contribution in [1.82, 2.24) is 5.32 Å². The fourth-order valence-electron chi connectivity index (χ4n) is 2.96. The number of nitrogens with zero attached hydrogens (tertiary/aromatic N) is 1. The summed E-state index contributed by atoms with van der Waals surface area (Å²) in [5.74, 6) is -0.635. The zero-order valence-electron chi connectivity index (χ0n) is 14.3. The van der Waals surface area contributed by atoms with Crippen LogP contribution in [0.3, 0.4) is 0 Å². The van der Waals surface area contributed by atoms with Gasteiger partial charge in [-0.2, -0.15) is 0 Å². The highest BCUT2D eigenvalue weighted by Crippen LogP contribution is 2.40. The molecule has 1 aliphatic heterocycles. The second kappa shape index (κ2) is 7.47. The fraction of sp³-hybridized carbons (Fsp3) is 0.263. The van der Waals surface area contributed by atoms with Crippen molar-refractivity contribution in [2.24, 2.45) is 0 Å². The largest absolute Gasteiger partial charge is 0.359 e. The summed E-state index contributed by atoms with van der Waals surface area (Å²) < 4.78 is 0.695. The smallest absolute Gasteiger partial charge is 0.329 e. The number of nitrogens with one attached hydrogen (secondary N) is 2. The van der Waals surface area contributed by atoms with Crippen LogP contribution in [0, 0.1) is 0 Å². The number of aliphatic hydroxyl groups is 1. The van der Waals surface area contributed by atoms with Crippen LogP contribution in [0.2, 0.25) is 0 Å². The number of anilines is 2. The molecule has 0 spiro atoms. The number of urea groups is 1. The normalized spacial score (nSPS) is 18.9. The lowest BCUT2D eigenvalue weighted by Crippen LogP contribution is -2.62. The van der Waals surface area contributed by atoms with E-state index in [9.17, 15) is 14.7 Å². The highest BCUT2D eigenvalue weighted by molar-refractivity contribution is 9.10. The molecular formula is C19H20BrN3O3. The minimum atomic E-state index is -2.16. The van der Waals surface area contributed by atoms with Crippen molar-refractivity contribution in [2.45, 2.75) is 25.5 Å². The van der Waals surface area contributed by atoms with E-state index in [1.54, 1.807) is 48.5 Å². The minimum absolute atomic E-state index is 0.310. The number of rotatable bonds is 5. The van der Waals surface area contributed by atoms with E-state index >= 15 is 0 Å². The fourth-order valence-corrected chi connectivity index (χ4v) is 3.32. The number of fused-ring (bicyclic) bond motifs is 1. The van der Waals surface area contributed by atoms with Crippen LogP contribution in [0.15, 0.2) is 53.0 Å². The molecule has 7 heteroatoms. The minimum Gasteiger partial charge on any atom is -0.359 e. The lowest BCUT2D eigenvalue weighted by Gasteiger charge is -2.42. The molecule has 0 radical (unpaired) electrons. The van der Waals surface area contributed by atoms with E-state index in [4.69, 9.17) is 0 Å². The molecule has 3 rings (SSSR count). The molecule has 6 nitrogen and oxygen atoms in total. The van der Waals surface area contributed by atoms with Crippen molar-refractivity contribution in [2.75, 3.05) is 16.8 Å². The lowest BCUT2D eigenvalue weighted by atomic mass is 9.94. The third-order valence-corrected chi connectivity index (χ3v) is 4.77. The van der Waals surface area contributed by atoms with Gasteiger partial charge < -0.3 is 15.7 Å². The van der Waals surface area contributed by atoms with Gasteiger partial charge in [-0.1, -0.05) is 47.5 Å². The van der Waals surface area contributed by atoms with Crippen LogP contribution in [0.25, 0.3) is 0 Å². The first-order chi connectivity index (χ1) is 12.5. The number of para-hydroxylation sites is 1. The van der Waals surface area contributed by atoms with Gasteiger partial charge in [-0.05, 0) is 36.8 Å². The van der Waals surface area contributed by atoms with Gasteiger partial charge in [0.05, 0.1) is 5.69 Å². The van der Waals surface area contributed by atoms with Crippen molar-refractivity contribution in [3.63, 3.8) is 0 Å². The summed E-state index contributed by atoms with van der Waals surface area (Å²) in [6, 6.07) is 13.1. The maximum absolute atomic E-state index is 13.0. The Hall–Kier alpha value is -2.38. The molecule has 1 heterocycles. The molecular weight excluding hydrogens is 398 g/mol. The Bertz CT molecular complexity index is 828. The van der Waals surface area contributed by atoms with E-state index in [1.807, 2.05) is 6.92 Å². The number of unbranched alkanes of at least 4 members (excludes halogenated alkanes) is 1. The molecule has 1 unspecified atom stereocenters. The predicted octanol–water partition coefficient (Wildman–Crippen LogP) is 3.56. The Morgan fingerprint density at radius 1 is 1.27 bits per heavy atom. The summed E-state index contributed by atoms with van der Waals surface area (Å²) in [4.78, 5) is 26.8. The molecule has 26 heavy (non-hydrogen) atoms. The Balaban J connectivity index is 2.13. The lowest BCUT2D eigenvalue weighted by molar-refractivity contribution is -0.140. The highest BCUT2D eigenvalue weighted by Gasteiger charge is 2.51. The van der Waals surface area contributed by atoms with Gasteiger partial charge >= 0.3 is 6.03 Å². The van der Waals surface area contributed by atoms with Gasteiger partial charge in [0.15, 0.2) is 0 Å². The van der Waals surface area contributed by atoms with E-state index < -0.39 is 17.7 Å². The van der Waals surface area contributed by atoms with Gasteiger partial charge in [0.2, 0.25) is 0 Å². The zero-order valence-corrected chi connectivity index (χ0v) is 15.9. The maximum Gasteiger partial charge on any atom is 0.329 e. The van der Waals surface area contributed by atoms with Crippen LogP contribution in [0.5, 0.6) is 0 Å². The summed E-state index contributed by atoms with van der Waals surface area (Å²) in [5, 5.41) is 17.0. The van der Waals surface area contributed by atoms with Gasteiger partial charge in [0, 0.05) is 22.3 Å². The molecule has 0 saturated heterocycles. The first-order valence-electron chi connectivity index (χ1n) is 8.45. The molecule has 2 aromatic rings. The molecule has 0 fully saturated rings. The van der Waals surface area contributed by atoms with Crippen LogP contribution in [-0.2, 0) is 10.5 Å². The summed E-state index contributed by atoms with van der Waals surface area (Å²) in [6.07, 6.45) is 1.69. The number of amides is 3. The molecule has 2 aromatic carbocycles. The standard InChI is InChI=1S/C19H20BrN3O3/c1-2-3-11-21-17(24)19(26)15-12-13(20)9-10-16(15)22-18(25)23(19)14-7-5-4-6-8-14/h4-10,12,26H,2-3,11H2,1H3,(H,21,24)(H,22,25). The van der Waals surface area contributed by atoms with E-state index in [2.05, 4.69) is 26.6 Å². The average Bonchev–Trinajstić information content (AvgIpc) is 2.63. The second-order valence-corrected chi connectivity index (χ2v) is 6.99. The van der Waals surface area contributed by atoms with Crippen LogP contribution >= 0.6 is 15.9 Å². The van der Waals surface area contributed by atoms with Crippen LogP contribution in [0.1, 0.15) is 25.3 Å². The quantitative estimate of drug-likeness (QED) is 0.650. The first-order valence-corrected chi connectivity index (χ1v) is 9.24. The predicted molar refractivity (Wildman–Crippen MR) is 104 cm³/mol. The monoisotopic (exact) mass is 417 g/mol. The summed E-state index contributed by atoms with van der Waals surface area (Å²) >= 11 is 3.37. The number of carbonyl (C=O) groups excluding carboxylic acids is 2. The Labute approximate surface area is 160 Å². The number of benzene rings is 2. The Kier molecular flexibility index (Phi) is 5.29. The van der Waals surface area contributed by atoms with E-state index in [-0.39, 0.29) is 0 Å². The summed E-state index contributed by atoms with van der Waals surface area (Å²) in [6.45, 7) is 2.43. The molecule has 0 aromatic heterocycles. The molecule has 0 bridgehead atoms. The number of carbonyl (C=O) groups is 2. The van der Waals surface area contributed by atoms with Gasteiger partial charge in [0.1, 0.15) is 0 Å². The van der Waals surface area contributed by atoms with E-state index in [0.717, 1.165) is 17.7 Å². The SMILES string of the molecule is CCCCNC(=O)C1(O)c2cc(Br)ccc2NC(=O)N1c1ccccc1. The number of hydrogen-bond acceptors (Lipinski definition) is 3. The highest BCUT2D eigenvalue weighted by atomic mass is 79.9. The van der Waals surface area contributed by atoms with Crippen LogP contribution in [0.4, 0.5) is 16.2 Å². The van der Waals surface area contributed by atoms with Gasteiger partial charge in [-0.25, -0.2) is 4.79 Å². The summed E-state index contributed by atoms with van der Waals surface area (Å²) in [7, 11) is 0. The van der Waals surface area contributed by atoms with Crippen molar-refractivity contribution in [3.8, 4) is 0 Å². The van der Waals surface area contributed by atoms with E-state index in [1.165, 1.54) is 0 Å². The molecule has 3 N–H and O–H groups in total. The number of hydrogen-bond donors (Lipinski definition) is 3. The molecule has 0 saturated carbocycles. The van der Waals surface area contributed by atoms with Crippen LogP contribution in [-0.4, -0.2) is 23.6 Å². The Morgan fingerprint density at radius 3 is 2.69 bits per heavy atom. The molecule has 0 aliphatic carbocycles. The zero-order chi connectivity index (χ0) is 18.7. The number of halogens is 1. The molecule has 1 aliphatic rings. The van der Waals surface area contributed by atoms with Crippen molar-refractivity contribution in [1.29, 1.82) is 0 Å². The third kappa shape index (κ3) is 3.20. The molecule has 3 amide bonds. The van der Waals surface area contributed by atoms with Crippen LogP contribution < -0.4 is 15.5 Å². The maximum atomic E-state index is 13.0. The van der Waals surface area contributed by atoms with Gasteiger partial charge in [-0.15, -0.1) is 0 Å². The average molecular weight is 418 g/mol. The topological polar surface area (TPSA) is 81.7 Å². The Morgan fingerprint density at radius 2 is 2.00 bits per heavy atom. The summed E-state index contributed by atoms with van der Waals surface area (Å²) in [5.41, 5.74) is -1.03. The third-order valence-electron chi connectivity index (χ3n) is 4.27. The van der Waals surface area contributed by atoms with Crippen molar-refractivity contribution in [3.05, 3.63) is 58.6 Å². The van der Waals surface area contributed by atoms with Gasteiger partial charge in [-0.3, -0.25) is 9.69 Å². The van der Waals surface area contributed by atoms with Gasteiger partial charge in [0.25, 0.3) is 11.6 Å². The first kappa shape index (κ1) is 18.4. The second-order valence-electron chi connectivity index (χ2n) is 6.07. The van der Waals surface area contributed by atoms with Crippen molar-refractivity contribution >= 4 is 39.2 Å².